The fourth-order valence-corrected chi connectivity index (χ4v) is 3.43. The Kier molecular flexibility index (Phi) is 4.07. The number of anilines is 3. The van der Waals surface area contributed by atoms with Gasteiger partial charge in [-0.3, -0.25) is 0 Å². The lowest BCUT2D eigenvalue weighted by molar-refractivity contribution is 0.461. The minimum atomic E-state index is 0.508. The molecule has 0 unspecified atom stereocenters. The van der Waals surface area contributed by atoms with Gasteiger partial charge in [-0.15, -0.1) is 0 Å². The third kappa shape index (κ3) is 3.35. The number of aryl methyl sites for hydroxylation is 1. The van der Waals surface area contributed by atoms with Crippen molar-refractivity contribution in [2.45, 2.75) is 45.1 Å². The van der Waals surface area contributed by atoms with Gasteiger partial charge in [0.15, 0.2) is 0 Å². The summed E-state index contributed by atoms with van der Waals surface area (Å²) < 4.78 is 0. The van der Waals surface area contributed by atoms with Crippen molar-refractivity contribution in [3.05, 3.63) is 42.2 Å². The summed E-state index contributed by atoms with van der Waals surface area (Å²) in [6.45, 7) is 2.07. The second kappa shape index (κ2) is 6.51. The highest BCUT2D eigenvalue weighted by atomic mass is 15.1. The molecule has 1 aromatic carbocycles. The van der Waals surface area contributed by atoms with Gasteiger partial charge in [-0.2, -0.15) is 4.98 Å². The van der Waals surface area contributed by atoms with Crippen molar-refractivity contribution in [3.8, 4) is 0 Å². The summed E-state index contributed by atoms with van der Waals surface area (Å²) in [7, 11) is 0. The van der Waals surface area contributed by atoms with Crippen molar-refractivity contribution in [3.63, 3.8) is 0 Å². The van der Waals surface area contributed by atoms with Gasteiger partial charge in [0.05, 0.1) is 0 Å². The van der Waals surface area contributed by atoms with Crippen LogP contribution in [0.3, 0.4) is 0 Å². The minimum Gasteiger partial charge on any atom is -0.359 e. The van der Waals surface area contributed by atoms with E-state index in [0.29, 0.717) is 12.0 Å². The number of fused-ring (bicyclic) bond motifs is 1. The van der Waals surface area contributed by atoms with Gasteiger partial charge in [0.1, 0.15) is 5.82 Å². The summed E-state index contributed by atoms with van der Waals surface area (Å²) >= 11 is 0. The monoisotopic (exact) mass is 321 g/mol. The molecular formula is C19H23N5. The highest BCUT2D eigenvalue weighted by Crippen LogP contribution is 2.23. The Labute approximate surface area is 141 Å². The van der Waals surface area contributed by atoms with Crippen LogP contribution in [-0.4, -0.2) is 21.0 Å². The van der Waals surface area contributed by atoms with Crippen molar-refractivity contribution in [1.82, 2.24) is 15.0 Å². The van der Waals surface area contributed by atoms with Crippen molar-refractivity contribution in [2.75, 3.05) is 10.6 Å². The highest BCUT2D eigenvalue weighted by molar-refractivity contribution is 5.84. The van der Waals surface area contributed by atoms with E-state index < -0.39 is 0 Å². The average Bonchev–Trinajstić information content (AvgIpc) is 2.95. The summed E-state index contributed by atoms with van der Waals surface area (Å²) in [5, 5.41) is 8.05. The smallest absolute Gasteiger partial charge is 0.224 e. The normalized spacial score (nSPS) is 15.5. The molecule has 0 spiro atoms. The molecule has 1 aliphatic rings. The molecule has 1 aliphatic carbocycles. The SMILES string of the molecule is Cc1cc2cc(Nc3ccnc(NC4CCCCC4)n3)ccc2[nH]1. The highest BCUT2D eigenvalue weighted by Gasteiger charge is 2.14. The maximum Gasteiger partial charge on any atom is 0.224 e. The Morgan fingerprint density at radius 1 is 1.08 bits per heavy atom. The molecule has 5 heteroatoms. The first kappa shape index (κ1) is 15.0. The molecule has 3 N–H and O–H groups in total. The number of H-pyrrole nitrogens is 1. The first-order valence-electron chi connectivity index (χ1n) is 8.72. The van der Waals surface area contributed by atoms with Crippen LogP contribution < -0.4 is 10.6 Å². The molecule has 5 nitrogen and oxygen atoms in total. The first-order chi connectivity index (χ1) is 11.8. The van der Waals surface area contributed by atoms with Crippen molar-refractivity contribution in [2.24, 2.45) is 0 Å². The van der Waals surface area contributed by atoms with Crippen LogP contribution in [0, 0.1) is 6.92 Å². The standard InChI is InChI=1S/C19H23N5/c1-13-11-14-12-16(7-8-17(14)21-13)22-18-9-10-20-19(24-18)23-15-5-3-2-4-6-15/h7-12,15,21H,2-6H2,1H3,(H2,20,22,23,24). The van der Waals surface area contributed by atoms with Crippen molar-refractivity contribution in [1.29, 1.82) is 0 Å². The number of nitrogens with one attached hydrogen (secondary N) is 3. The number of benzene rings is 1. The third-order valence-corrected chi connectivity index (χ3v) is 4.62. The zero-order valence-electron chi connectivity index (χ0n) is 14.0. The number of nitrogens with zero attached hydrogens (tertiary/aromatic N) is 2. The second-order valence-electron chi connectivity index (χ2n) is 6.62. The lowest BCUT2D eigenvalue weighted by Crippen LogP contribution is -2.23. The molecule has 2 aromatic heterocycles. The molecule has 0 atom stereocenters. The van der Waals surface area contributed by atoms with E-state index in [2.05, 4.69) is 56.8 Å². The van der Waals surface area contributed by atoms with E-state index in [-0.39, 0.29) is 0 Å². The Morgan fingerprint density at radius 3 is 2.83 bits per heavy atom. The minimum absolute atomic E-state index is 0.508. The maximum absolute atomic E-state index is 4.61. The molecule has 2 heterocycles. The predicted molar refractivity (Wildman–Crippen MR) is 98.8 cm³/mol. The van der Waals surface area contributed by atoms with Crippen LogP contribution in [0.25, 0.3) is 10.9 Å². The molecule has 124 valence electrons. The third-order valence-electron chi connectivity index (χ3n) is 4.62. The number of rotatable bonds is 4. The fraction of sp³-hybridized carbons (Fsp3) is 0.368. The quantitative estimate of drug-likeness (QED) is 0.648. The topological polar surface area (TPSA) is 65.6 Å². The maximum atomic E-state index is 4.61. The second-order valence-corrected chi connectivity index (χ2v) is 6.62. The Bertz CT molecular complexity index is 833. The molecule has 1 saturated carbocycles. The number of hydrogen-bond acceptors (Lipinski definition) is 4. The number of hydrogen-bond donors (Lipinski definition) is 3. The summed E-state index contributed by atoms with van der Waals surface area (Å²) in [4.78, 5) is 12.3. The zero-order chi connectivity index (χ0) is 16.4. The summed E-state index contributed by atoms with van der Waals surface area (Å²) in [6.07, 6.45) is 8.17. The van der Waals surface area contributed by atoms with E-state index in [1.807, 2.05) is 6.07 Å². The van der Waals surface area contributed by atoms with Crippen LogP contribution in [0.1, 0.15) is 37.8 Å². The van der Waals surface area contributed by atoms with Crippen LogP contribution in [0.5, 0.6) is 0 Å². The van der Waals surface area contributed by atoms with E-state index in [4.69, 9.17) is 0 Å². The van der Waals surface area contributed by atoms with E-state index in [0.717, 1.165) is 17.0 Å². The first-order valence-corrected chi connectivity index (χ1v) is 8.72. The van der Waals surface area contributed by atoms with Gasteiger partial charge in [0, 0.05) is 34.5 Å². The summed E-state index contributed by atoms with van der Waals surface area (Å²) in [5.41, 5.74) is 3.35. The Balaban J connectivity index is 1.49. The molecule has 0 bridgehead atoms. The van der Waals surface area contributed by atoms with Crippen molar-refractivity contribution < 1.29 is 0 Å². The fourth-order valence-electron chi connectivity index (χ4n) is 3.43. The average molecular weight is 321 g/mol. The molecule has 4 rings (SSSR count). The molecule has 0 amide bonds. The molecule has 0 saturated heterocycles. The number of aromatic nitrogens is 3. The number of aromatic amines is 1. The molecule has 24 heavy (non-hydrogen) atoms. The van der Waals surface area contributed by atoms with Crippen LogP contribution in [0.2, 0.25) is 0 Å². The van der Waals surface area contributed by atoms with Gasteiger partial charge >= 0.3 is 0 Å². The summed E-state index contributed by atoms with van der Waals surface area (Å²) in [6, 6.07) is 10.8. The predicted octanol–water partition coefficient (Wildman–Crippen LogP) is 4.75. The Morgan fingerprint density at radius 2 is 1.96 bits per heavy atom. The zero-order valence-corrected chi connectivity index (χ0v) is 14.0. The van der Waals surface area contributed by atoms with E-state index in [1.54, 1.807) is 6.20 Å². The van der Waals surface area contributed by atoms with Gasteiger partial charge in [0.25, 0.3) is 0 Å². The van der Waals surface area contributed by atoms with E-state index in [9.17, 15) is 0 Å². The molecule has 0 aliphatic heterocycles. The van der Waals surface area contributed by atoms with Gasteiger partial charge in [-0.1, -0.05) is 19.3 Å². The van der Waals surface area contributed by atoms with Crippen LogP contribution in [0.15, 0.2) is 36.5 Å². The van der Waals surface area contributed by atoms with Crippen molar-refractivity contribution >= 4 is 28.4 Å². The van der Waals surface area contributed by atoms with Gasteiger partial charge in [-0.25, -0.2) is 4.98 Å². The lowest BCUT2D eigenvalue weighted by Gasteiger charge is -2.22. The molecule has 3 aromatic rings. The lowest BCUT2D eigenvalue weighted by atomic mass is 9.96. The van der Waals surface area contributed by atoms with E-state index in [1.165, 1.54) is 43.2 Å². The van der Waals surface area contributed by atoms with Gasteiger partial charge < -0.3 is 15.6 Å². The van der Waals surface area contributed by atoms with Crippen LogP contribution in [-0.2, 0) is 0 Å². The van der Waals surface area contributed by atoms with Crippen LogP contribution >= 0.6 is 0 Å². The molecule has 1 fully saturated rings. The van der Waals surface area contributed by atoms with E-state index >= 15 is 0 Å². The largest absolute Gasteiger partial charge is 0.359 e. The Hall–Kier alpha value is -2.56. The van der Waals surface area contributed by atoms with Crippen LogP contribution in [0.4, 0.5) is 17.5 Å². The molecule has 0 radical (unpaired) electrons. The van der Waals surface area contributed by atoms with Gasteiger partial charge in [0.2, 0.25) is 5.95 Å². The summed E-state index contributed by atoms with van der Waals surface area (Å²) in [5.74, 6) is 1.53. The molecular weight excluding hydrogens is 298 g/mol. The van der Waals surface area contributed by atoms with Gasteiger partial charge in [-0.05, 0) is 50.1 Å².